The average molecular weight is 519 g/mol. The van der Waals surface area contributed by atoms with Crippen molar-refractivity contribution in [3.8, 4) is 5.75 Å². The summed E-state index contributed by atoms with van der Waals surface area (Å²) >= 11 is 0. The maximum Gasteiger partial charge on any atom is 0.377 e. The summed E-state index contributed by atoms with van der Waals surface area (Å²) in [4.78, 5) is 35.2. The van der Waals surface area contributed by atoms with E-state index in [0.29, 0.717) is 0 Å². The molecular weight excluding hydrogens is 488 g/mol. The Kier molecular flexibility index (Phi) is 10.3. The number of anilines is 1. The van der Waals surface area contributed by atoms with E-state index in [1.165, 1.54) is 19.9 Å². The first-order chi connectivity index (χ1) is 16.8. The van der Waals surface area contributed by atoms with E-state index in [0.717, 1.165) is 12.1 Å². The molecule has 2 unspecified atom stereocenters. The maximum absolute atomic E-state index is 13.8. The number of aliphatic hydroxyl groups is 4. The van der Waals surface area contributed by atoms with Crippen LogP contribution in [0.15, 0.2) is 18.2 Å². The molecule has 1 aliphatic heterocycles. The van der Waals surface area contributed by atoms with Gasteiger partial charge in [-0.1, -0.05) is 6.92 Å². The summed E-state index contributed by atoms with van der Waals surface area (Å²) in [5.41, 5.74) is -0.797. The number of aliphatic hydroxyl groups excluding tert-OH is 4. The predicted octanol–water partition coefficient (Wildman–Crippen LogP) is 0.982. The topological polar surface area (TPSA) is 183 Å². The van der Waals surface area contributed by atoms with Crippen LogP contribution >= 0.6 is 0 Å². The maximum atomic E-state index is 13.8. The van der Waals surface area contributed by atoms with E-state index in [1.54, 1.807) is 0 Å². The smallest absolute Gasteiger partial charge is 0.377 e. The normalized spacial score (nSPS) is 25.8. The Morgan fingerprint density at radius 3 is 2.47 bits per heavy atom. The lowest BCUT2D eigenvalue weighted by Gasteiger charge is -2.45. The number of benzene rings is 1. The van der Waals surface area contributed by atoms with Gasteiger partial charge in [-0.25, -0.2) is 13.6 Å². The van der Waals surface area contributed by atoms with Crippen LogP contribution in [0.5, 0.6) is 5.75 Å². The molecule has 1 aromatic carbocycles. The summed E-state index contributed by atoms with van der Waals surface area (Å²) in [6, 6.07) is 3.09. The van der Waals surface area contributed by atoms with Crippen molar-refractivity contribution < 1.29 is 58.2 Å². The van der Waals surface area contributed by atoms with E-state index in [4.69, 9.17) is 14.6 Å². The van der Waals surface area contributed by atoms with Crippen molar-refractivity contribution in [2.75, 3.05) is 11.9 Å². The zero-order valence-electron chi connectivity index (χ0n) is 19.8. The fraction of sp³-hybridized carbons (Fsp3) is 0.609. The third-order valence-electron chi connectivity index (χ3n) is 5.91. The van der Waals surface area contributed by atoms with Gasteiger partial charge >= 0.3 is 11.8 Å². The standard InChI is InChI=1S/C23H31F2NO10/c1-11(28)4-3-5-18(31)26-13-6-7-17(14(8-13)21(24)25)35-23(22(33)34)9-15(29)12(2)20(36-23)19(32)16(30)10-27/h6-8,12,15-16,19-21,27,29-30,32H,3-5,9-10H2,1-2H3,(H,26,31)(H,33,34)/t12-,15?,16-,19-,20?,23-/m1/s1. The SMILES string of the molecule is CC(=O)CCCC(=O)Nc1ccc(O[C@]2(C(=O)O)CC(O)[C@@H](C)C([C@H](O)[C@H](O)CO)O2)c(C(F)F)c1. The van der Waals surface area contributed by atoms with Crippen molar-refractivity contribution in [2.24, 2.45) is 5.92 Å². The molecule has 1 amide bonds. The number of hydrogen-bond donors (Lipinski definition) is 6. The third kappa shape index (κ3) is 7.17. The Bertz CT molecular complexity index is 945. The highest BCUT2D eigenvalue weighted by molar-refractivity contribution is 5.91. The van der Waals surface area contributed by atoms with Gasteiger partial charge in [0.2, 0.25) is 5.91 Å². The van der Waals surface area contributed by atoms with Crippen molar-refractivity contribution in [3.05, 3.63) is 23.8 Å². The van der Waals surface area contributed by atoms with Gasteiger partial charge in [-0.2, -0.15) is 0 Å². The number of rotatable bonds is 12. The van der Waals surface area contributed by atoms with E-state index in [2.05, 4.69) is 5.32 Å². The second-order valence-electron chi connectivity index (χ2n) is 8.77. The van der Waals surface area contributed by atoms with Crippen molar-refractivity contribution in [1.82, 2.24) is 0 Å². The molecule has 202 valence electrons. The number of aliphatic carboxylic acids is 1. The van der Waals surface area contributed by atoms with Crippen LogP contribution in [0.1, 0.15) is 51.5 Å². The number of amides is 1. The molecule has 1 aliphatic rings. The van der Waals surface area contributed by atoms with Crippen LogP contribution < -0.4 is 10.1 Å². The summed E-state index contributed by atoms with van der Waals surface area (Å²) in [5.74, 6) is -6.63. The lowest BCUT2D eigenvalue weighted by Crippen LogP contribution is -2.62. The summed E-state index contributed by atoms with van der Waals surface area (Å²) in [6.45, 7) is 1.90. The highest BCUT2D eigenvalue weighted by atomic mass is 19.3. The van der Waals surface area contributed by atoms with Crippen molar-refractivity contribution in [2.45, 2.75) is 76.2 Å². The van der Waals surface area contributed by atoms with Crippen LogP contribution in [0, 0.1) is 5.92 Å². The minimum absolute atomic E-state index is 0.0166. The molecule has 0 spiro atoms. The van der Waals surface area contributed by atoms with Gasteiger partial charge in [0.1, 0.15) is 23.7 Å². The van der Waals surface area contributed by atoms with Crippen LogP contribution in [0.25, 0.3) is 0 Å². The molecule has 1 heterocycles. The van der Waals surface area contributed by atoms with E-state index >= 15 is 0 Å². The Morgan fingerprint density at radius 1 is 1.25 bits per heavy atom. The summed E-state index contributed by atoms with van der Waals surface area (Å²) < 4.78 is 38.5. The number of carboxylic acid groups (broad SMARTS) is 1. The van der Waals surface area contributed by atoms with Gasteiger partial charge in [0.15, 0.2) is 0 Å². The lowest BCUT2D eigenvalue weighted by atomic mass is 9.84. The third-order valence-corrected chi connectivity index (χ3v) is 5.91. The number of nitrogens with one attached hydrogen (secondary N) is 1. The van der Waals surface area contributed by atoms with Crippen molar-refractivity contribution in [3.63, 3.8) is 0 Å². The molecule has 36 heavy (non-hydrogen) atoms. The second-order valence-corrected chi connectivity index (χ2v) is 8.77. The van der Waals surface area contributed by atoms with E-state index in [9.17, 15) is 43.6 Å². The van der Waals surface area contributed by atoms with Gasteiger partial charge < -0.3 is 45.1 Å². The molecule has 11 nitrogen and oxygen atoms in total. The molecule has 1 fully saturated rings. The lowest BCUT2D eigenvalue weighted by molar-refractivity contribution is -0.292. The molecule has 0 aliphatic carbocycles. The van der Waals surface area contributed by atoms with E-state index in [1.807, 2.05) is 0 Å². The van der Waals surface area contributed by atoms with Gasteiger partial charge in [-0.3, -0.25) is 4.79 Å². The minimum atomic E-state index is -3.16. The van der Waals surface area contributed by atoms with Gasteiger partial charge in [0, 0.05) is 24.4 Å². The number of halogens is 2. The minimum Gasteiger partial charge on any atom is -0.476 e. The van der Waals surface area contributed by atoms with Crippen LogP contribution in [0.4, 0.5) is 14.5 Å². The number of alkyl halides is 2. The summed E-state index contributed by atoms with van der Waals surface area (Å²) in [7, 11) is 0. The predicted molar refractivity (Wildman–Crippen MR) is 119 cm³/mol. The molecule has 2 rings (SSSR count). The van der Waals surface area contributed by atoms with Crippen LogP contribution in [-0.4, -0.2) is 80.0 Å². The molecule has 6 atom stereocenters. The zero-order valence-corrected chi connectivity index (χ0v) is 19.8. The number of ketones is 1. The number of Topliss-reactive ketones (excluding diaryl/α,β-unsaturated/α-hetero) is 1. The zero-order chi connectivity index (χ0) is 27.2. The Hall–Kier alpha value is -2.71. The van der Waals surface area contributed by atoms with Crippen molar-refractivity contribution in [1.29, 1.82) is 0 Å². The molecule has 0 bridgehead atoms. The van der Waals surface area contributed by atoms with Crippen LogP contribution in [-0.2, 0) is 19.1 Å². The second kappa shape index (κ2) is 12.5. The monoisotopic (exact) mass is 519 g/mol. The van der Waals surface area contributed by atoms with Crippen LogP contribution in [0.2, 0.25) is 0 Å². The number of ether oxygens (including phenoxy) is 2. The number of hydrogen-bond acceptors (Lipinski definition) is 9. The average Bonchev–Trinajstić information content (AvgIpc) is 2.80. The van der Waals surface area contributed by atoms with Gasteiger partial charge in [-0.15, -0.1) is 0 Å². The van der Waals surface area contributed by atoms with Crippen molar-refractivity contribution >= 4 is 23.3 Å². The summed E-state index contributed by atoms with van der Waals surface area (Å²) in [6.07, 6.45) is -9.93. The molecule has 13 heteroatoms. The van der Waals surface area contributed by atoms with Gasteiger partial charge in [-0.05, 0) is 31.5 Å². The largest absolute Gasteiger partial charge is 0.476 e. The molecule has 1 saturated heterocycles. The van der Waals surface area contributed by atoms with Gasteiger partial charge in [0.25, 0.3) is 6.43 Å². The number of carboxylic acids is 1. The van der Waals surface area contributed by atoms with Crippen LogP contribution in [0.3, 0.4) is 0 Å². The van der Waals surface area contributed by atoms with Gasteiger partial charge in [0.05, 0.1) is 30.8 Å². The fourth-order valence-electron chi connectivity index (χ4n) is 3.80. The highest BCUT2D eigenvalue weighted by Gasteiger charge is 2.55. The fourth-order valence-corrected chi connectivity index (χ4v) is 3.80. The van der Waals surface area contributed by atoms with E-state index in [-0.39, 0.29) is 30.7 Å². The Morgan fingerprint density at radius 2 is 1.92 bits per heavy atom. The summed E-state index contributed by atoms with van der Waals surface area (Å²) in [5, 5.41) is 51.9. The highest BCUT2D eigenvalue weighted by Crippen LogP contribution is 2.40. The first kappa shape index (κ1) is 29.5. The first-order valence-electron chi connectivity index (χ1n) is 11.3. The molecule has 0 radical (unpaired) electrons. The Balaban J connectivity index is 2.32. The molecular formula is C23H31F2NO10. The molecule has 1 aromatic rings. The molecule has 0 saturated carbocycles. The first-order valence-corrected chi connectivity index (χ1v) is 11.3. The van der Waals surface area contributed by atoms with E-state index < -0.39 is 78.8 Å². The number of carbonyl (C=O) groups is 3. The quantitative estimate of drug-likeness (QED) is 0.233. The number of carbonyl (C=O) groups excluding carboxylic acids is 2. The Labute approximate surface area is 205 Å². The molecule has 6 N–H and O–H groups in total. The molecule has 0 aromatic heterocycles.